The van der Waals surface area contributed by atoms with E-state index in [0.717, 1.165) is 5.82 Å². The second-order valence-electron chi connectivity index (χ2n) is 5.35. The fourth-order valence-corrected chi connectivity index (χ4v) is 1.47. The highest BCUT2D eigenvalue weighted by Gasteiger charge is 2.22. The van der Waals surface area contributed by atoms with E-state index in [4.69, 9.17) is 5.11 Å². The Hall–Kier alpha value is -1.62. The molecule has 1 fully saturated rings. The van der Waals surface area contributed by atoms with Gasteiger partial charge >= 0.3 is 0 Å². The molecule has 1 aliphatic carbocycles. The van der Waals surface area contributed by atoms with Crippen molar-refractivity contribution < 1.29 is 9.90 Å². The fraction of sp³-hybridized carbons (Fsp3) is 0.538. The molecular formula is C13H19N3O2. The van der Waals surface area contributed by atoms with Crippen LogP contribution in [0.5, 0.6) is 0 Å². The minimum atomic E-state index is -0.623. The predicted octanol–water partition coefficient (Wildman–Crippen LogP) is 1.16. The van der Waals surface area contributed by atoms with E-state index in [1.54, 1.807) is 32.2 Å². The molecule has 0 unspecified atom stereocenters. The first-order valence-electron chi connectivity index (χ1n) is 6.16. The van der Waals surface area contributed by atoms with Gasteiger partial charge in [-0.15, -0.1) is 0 Å². The van der Waals surface area contributed by atoms with Crippen molar-refractivity contribution >= 4 is 11.7 Å². The minimum Gasteiger partial charge on any atom is -0.394 e. The quantitative estimate of drug-likeness (QED) is 0.732. The van der Waals surface area contributed by atoms with Crippen LogP contribution in [0.1, 0.15) is 37.0 Å². The molecule has 0 aromatic carbocycles. The van der Waals surface area contributed by atoms with Gasteiger partial charge in [-0.3, -0.25) is 4.79 Å². The number of aliphatic hydroxyl groups excluding tert-OH is 1. The van der Waals surface area contributed by atoms with E-state index < -0.39 is 5.54 Å². The van der Waals surface area contributed by atoms with Crippen molar-refractivity contribution in [3.63, 3.8) is 0 Å². The van der Waals surface area contributed by atoms with E-state index in [9.17, 15) is 4.79 Å². The van der Waals surface area contributed by atoms with Crippen LogP contribution in [0, 0.1) is 0 Å². The van der Waals surface area contributed by atoms with E-state index in [2.05, 4.69) is 15.6 Å². The van der Waals surface area contributed by atoms with Crippen molar-refractivity contribution in [3.05, 3.63) is 23.9 Å². The lowest BCUT2D eigenvalue weighted by molar-refractivity contribution is 0.0869. The third-order valence-corrected chi connectivity index (χ3v) is 2.80. The highest BCUT2D eigenvalue weighted by Crippen LogP contribution is 2.23. The first-order chi connectivity index (χ1) is 8.50. The smallest absolute Gasteiger partial charge is 0.253 e. The molecule has 1 aliphatic rings. The highest BCUT2D eigenvalue weighted by atomic mass is 16.3. The zero-order valence-corrected chi connectivity index (χ0v) is 10.7. The third kappa shape index (κ3) is 3.43. The number of pyridine rings is 1. The van der Waals surface area contributed by atoms with E-state index >= 15 is 0 Å². The topological polar surface area (TPSA) is 74.2 Å². The number of hydrogen-bond donors (Lipinski definition) is 3. The molecule has 98 valence electrons. The summed E-state index contributed by atoms with van der Waals surface area (Å²) in [6.45, 7) is 3.43. The van der Waals surface area contributed by atoms with Crippen LogP contribution in [0.15, 0.2) is 18.3 Å². The largest absolute Gasteiger partial charge is 0.394 e. The molecule has 0 aliphatic heterocycles. The first kappa shape index (κ1) is 12.8. The molecule has 2 rings (SSSR count). The maximum atomic E-state index is 11.9. The minimum absolute atomic E-state index is 0.104. The summed E-state index contributed by atoms with van der Waals surface area (Å²) in [5.74, 6) is 0.579. The average Bonchev–Trinajstić information content (AvgIpc) is 3.13. The summed E-state index contributed by atoms with van der Waals surface area (Å²) in [4.78, 5) is 16.1. The van der Waals surface area contributed by atoms with Crippen molar-refractivity contribution in [3.8, 4) is 0 Å². The van der Waals surface area contributed by atoms with Gasteiger partial charge in [0.25, 0.3) is 5.91 Å². The van der Waals surface area contributed by atoms with Crippen molar-refractivity contribution in [1.82, 2.24) is 10.3 Å². The van der Waals surface area contributed by atoms with Gasteiger partial charge in [0.2, 0.25) is 0 Å². The summed E-state index contributed by atoms with van der Waals surface area (Å²) in [6.07, 6.45) is 3.93. The summed E-state index contributed by atoms with van der Waals surface area (Å²) >= 11 is 0. The number of carbonyl (C=O) groups excluding carboxylic acids is 1. The Morgan fingerprint density at radius 3 is 2.72 bits per heavy atom. The number of aliphatic hydroxyl groups is 1. The molecule has 1 aromatic rings. The van der Waals surface area contributed by atoms with Crippen LogP contribution in [0.2, 0.25) is 0 Å². The molecule has 0 atom stereocenters. The van der Waals surface area contributed by atoms with Crippen molar-refractivity contribution in [2.45, 2.75) is 38.3 Å². The predicted molar refractivity (Wildman–Crippen MR) is 69.5 cm³/mol. The molecule has 0 bridgehead atoms. The standard InChI is InChI=1S/C13H19N3O2/c1-13(2,8-17)16-12(18)9-3-6-11(14-7-9)15-10-4-5-10/h3,6-7,10,17H,4-5,8H2,1-2H3,(H,14,15)(H,16,18). The maximum absolute atomic E-state index is 11.9. The lowest BCUT2D eigenvalue weighted by Gasteiger charge is -2.23. The van der Waals surface area contributed by atoms with Crippen molar-refractivity contribution in [2.75, 3.05) is 11.9 Å². The Labute approximate surface area is 107 Å². The van der Waals surface area contributed by atoms with Crippen LogP contribution in [-0.2, 0) is 0 Å². The van der Waals surface area contributed by atoms with Crippen molar-refractivity contribution in [2.24, 2.45) is 0 Å². The lowest BCUT2D eigenvalue weighted by atomic mass is 10.1. The second-order valence-corrected chi connectivity index (χ2v) is 5.35. The molecule has 0 radical (unpaired) electrons. The summed E-state index contributed by atoms with van der Waals surface area (Å²) in [6, 6.07) is 4.09. The molecule has 0 saturated heterocycles. The summed E-state index contributed by atoms with van der Waals surface area (Å²) in [5, 5.41) is 15.1. The SMILES string of the molecule is CC(C)(CO)NC(=O)c1ccc(NC2CC2)nc1. The van der Waals surface area contributed by atoms with Gasteiger partial charge in [0, 0.05) is 12.2 Å². The Bertz CT molecular complexity index is 424. The molecule has 3 N–H and O–H groups in total. The molecule has 1 amide bonds. The number of rotatable bonds is 5. The summed E-state index contributed by atoms with van der Waals surface area (Å²) in [5.41, 5.74) is -0.125. The monoisotopic (exact) mass is 249 g/mol. The van der Waals surface area contributed by atoms with Crippen LogP contribution in [0.3, 0.4) is 0 Å². The zero-order chi connectivity index (χ0) is 13.2. The molecule has 5 heteroatoms. The van der Waals surface area contributed by atoms with Gasteiger partial charge in [-0.2, -0.15) is 0 Å². The number of nitrogens with one attached hydrogen (secondary N) is 2. The number of carbonyl (C=O) groups is 1. The third-order valence-electron chi connectivity index (χ3n) is 2.80. The molecular weight excluding hydrogens is 230 g/mol. The van der Waals surface area contributed by atoms with Crippen molar-refractivity contribution in [1.29, 1.82) is 0 Å². The Morgan fingerprint density at radius 1 is 1.50 bits per heavy atom. The molecule has 0 spiro atoms. The Morgan fingerprint density at radius 2 is 2.22 bits per heavy atom. The van der Waals surface area contributed by atoms with Gasteiger partial charge < -0.3 is 15.7 Å². The molecule has 1 saturated carbocycles. The number of nitrogens with zero attached hydrogens (tertiary/aromatic N) is 1. The summed E-state index contributed by atoms with van der Waals surface area (Å²) in [7, 11) is 0. The number of hydrogen-bond acceptors (Lipinski definition) is 4. The summed E-state index contributed by atoms with van der Waals surface area (Å²) < 4.78 is 0. The lowest BCUT2D eigenvalue weighted by Crippen LogP contribution is -2.46. The zero-order valence-electron chi connectivity index (χ0n) is 10.7. The van der Waals surface area contributed by atoms with Crippen LogP contribution in [0.4, 0.5) is 5.82 Å². The van der Waals surface area contributed by atoms with Gasteiger partial charge in [-0.05, 0) is 38.8 Å². The Kier molecular flexibility index (Phi) is 3.52. The Balaban J connectivity index is 1.97. The van der Waals surface area contributed by atoms with Gasteiger partial charge in [-0.25, -0.2) is 4.98 Å². The second kappa shape index (κ2) is 4.94. The van der Waals surface area contributed by atoms with Crippen LogP contribution >= 0.6 is 0 Å². The molecule has 18 heavy (non-hydrogen) atoms. The van der Waals surface area contributed by atoms with E-state index in [-0.39, 0.29) is 12.5 Å². The number of amides is 1. The fourth-order valence-electron chi connectivity index (χ4n) is 1.47. The average molecular weight is 249 g/mol. The first-order valence-corrected chi connectivity index (χ1v) is 6.16. The van der Waals surface area contributed by atoms with Crippen LogP contribution in [-0.4, -0.2) is 34.2 Å². The van der Waals surface area contributed by atoms with Crippen LogP contribution < -0.4 is 10.6 Å². The van der Waals surface area contributed by atoms with E-state index in [0.29, 0.717) is 11.6 Å². The maximum Gasteiger partial charge on any atom is 0.253 e. The normalized spacial score (nSPS) is 15.3. The van der Waals surface area contributed by atoms with E-state index in [1.165, 1.54) is 12.8 Å². The van der Waals surface area contributed by atoms with Crippen LogP contribution in [0.25, 0.3) is 0 Å². The number of aromatic nitrogens is 1. The molecule has 5 nitrogen and oxygen atoms in total. The van der Waals surface area contributed by atoms with Gasteiger partial charge in [0.15, 0.2) is 0 Å². The van der Waals surface area contributed by atoms with E-state index in [1.807, 2.05) is 0 Å². The molecule has 1 aromatic heterocycles. The molecule has 1 heterocycles. The highest BCUT2D eigenvalue weighted by molar-refractivity contribution is 5.94. The number of anilines is 1. The van der Waals surface area contributed by atoms with Gasteiger partial charge in [0.05, 0.1) is 17.7 Å². The van der Waals surface area contributed by atoms with Gasteiger partial charge in [-0.1, -0.05) is 0 Å². The van der Waals surface area contributed by atoms with Gasteiger partial charge in [0.1, 0.15) is 5.82 Å².